The monoisotopic (exact) mass is 351 g/mol. The minimum atomic E-state index is -1.10. The highest BCUT2D eigenvalue weighted by Crippen LogP contribution is 2.38. The number of halogens is 2. The van der Waals surface area contributed by atoms with Crippen LogP contribution in [0.4, 0.5) is 8.78 Å². The molecule has 2 atom stereocenters. The molecule has 1 N–H and O–H groups in total. The van der Waals surface area contributed by atoms with Crippen molar-refractivity contribution in [1.82, 2.24) is 14.4 Å². The largest absolute Gasteiger partial charge is 0.361 e. The molecule has 1 saturated carbocycles. The number of nitrogens with one attached hydrogen (secondary N) is 1. The number of Topliss-reactive ketones (excluding diaryl/α,β-unsaturated/α-hetero) is 1. The van der Waals surface area contributed by atoms with Gasteiger partial charge >= 0.3 is 0 Å². The summed E-state index contributed by atoms with van der Waals surface area (Å²) in [7, 11) is 0. The third-order valence-electron chi connectivity index (χ3n) is 5.04. The van der Waals surface area contributed by atoms with Crippen LogP contribution in [0.5, 0.6) is 0 Å². The number of rotatable bonds is 3. The number of hydrogen-bond acceptors (Lipinski definition) is 2. The first-order chi connectivity index (χ1) is 12.5. The minimum Gasteiger partial charge on any atom is -0.361 e. The van der Waals surface area contributed by atoms with Crippen LogP contribution in [-0.4, -0.2) is 26.3 Å². The van der Waals surface area contributed by atoms with Crippen LogP contribution in [0.2, 0.25) is 0 Å². The number of carbonyl (C=O) groups is 1. The van der Waals surface area contributed by atoms with Gasteiger partial charge in [-0.1, -0.05) is 12.1 Å². The first-order valence-electron chi connectivity index (χ1n) is 8.47. The molecule has 6 heteroatoms. The Morgan fingerprint density at radius 3 is 2.92 bits per heavy atom. The Morgan fingerprint density at radius 1 is 1.35 bits per heavy atom. The summed E-state index contributed by atoms with van der Waals surface area (Å²) in [5, 5.41) is 0.960. The summed E-state index contributed by atoms with van der Waals surface area (Å²) in [6.07, 6.45) is 2.67. The zero-order valence-electron chi connectivity index (χ0n) is 14.0. The molecule has 5 rings (SSSR count). The summed E-state index contributed by atoms with van der Waals surface area (Å²) in [6, 6.07) is 9.08. The Kier molecular flexibility index (Phi) is 3.07. The Balaban J connectivity index is 1.76. The van der Waals surface area contributed by atoms with E-state index in [2.05, 4.69) is 9.97 Å². The van der Waals surface area contributed by atoms with Crippen LogP contribution >= 0.6 is 0 Å². The number of nitrogens with zero attached hydrogens (tertiary/aromatic N) is 2. The number of imidazole rings is 1. The van der Waals surface area contributed by atoms with Crippen LogP contribution in [0.25, 0.3) is 27.7 Å². The van der Waals surface area contributed by atoms with Crippen molar-refractivity contribution in [3.8, 4) is 11.1 Å². The van der Waals surface area contributed by atoms with Gasteiger partial charge in [0.05, 0.1) is 11.6 Å². The number of carbonyl (C=O) groups excluding carboxylic acids is 1. The predicted octanol–water partition coefficient (Wildman–Crippen LogP) is 4.47. The van der Waals surface area contributed by atoms with E-state index >= 15 is 0 Å². The van der Waals surface area contributed by atoms with E-state index in [0.29, 0.717) is 11.3 Å². The standard InChI is InChI=1S/C20H15F2N3O/c1-10-18(19(26)14-8-15(14)21)25-9-11(7-16(22)20(25)24-10)12-3-2-4-17-13(12)5-6-23-17/h2-7,9,14-15,23H,8H2,1H3/t14-,15+/m1/s1. The SMILES string of the molecule is Cc1nc2c(F)cc(-c3cccc4[nH]ccc34)cn2c1C(=O)[C@@H]1C[C@@H]1F. The van der Waals surface area contributed by atoms with E-state index < -0.39 is 17.9 Å². The molecule has 1 aliphatic rings. The second-order valence-electron chi connectivity index (χ2n) is 6.78. The molecule has 1 aliphatic carbocycles. The number of benzene rings is 1. The van der Waals surface area contributed by atoms with Gasteiger partial charge in [0.2, 0.25) is 0 Å². The lowest BCUT2D eigenvalue weighted by Gasteiger charge is -2.08. The Hall–Kier alpha value is -3.02. The van der Waals surface area contributed by atoms with Gasteiger partial charge in [-0.2, -0.15) is 0 Å². The summed E-state index contributed by atoms with van der Waals surface area (Å²) >= 11 is 0. The van der Waals surface area contributed by atoms with Crippen molar-refractivity contribution in [3.63, 3.8) is 0 Å². The van der Waals surface area contributed by atoms with Gasteiger partial charge in [-0.05, 0) is 37.1 Å². The summed E-state index contributed by atoms with van der Waals surface area (Å²) in [6.45, 7) is 1.65. The average Bonchev–Trinajstić information content (AvgIpc) is 3.03. The van der Waals surface area contributed by atoms with Gasteiger partial charge in [-0.25, -0.2) is 13.8 Å². The molecule has 0 radical (unpaired) electrons. The fourth-order valence-electron chi connectivity index (χ4n) is 3.61. The third kappa shape index (κ3) is 2.11. The molecular formula is C20H15F2N3O. The fourth-order valence-corrected chi connectivity index (χ4v) is 3.61. The Bertz CT molecular complexity index is 1190. The molecule has 26 heavy (non-hydrogen) atoms. The van der Waals surface area contributed by atoms with E-state index in [-0.39, 0.29) is 23.5 Å². The molecule has 0 bridgehead atoms. The van der Waals surface area contributed by atoms with Gasteiger partial charge < -0.3 is 4.98 Å². The molecule has 0 saturated heterocycles. The molecule has 3 heterocycles. The van der Waals surface area contributed by atoms with Gasteiger partial charge in [-0.3, -0.25) is 9.20 Å². The second kappa shape index (κ2) is 5.24. The minimum absolute atomic E-state index is 0.0897. The molecule has 0 amide bonds. The highest BCUT2D eigenvalue weighted by Gasteiger charge is 2.45. The topological polar surface area (TPSA) is 50.2 Å². The van der Waals surface area contributed by atoms with Gasteiger partial charge in [0.15, 0.2) is 17.2 Å². The smallest absolute Gasteiger partial charge is 0.187 e. The maximum atomic E-state index is 14.7. The Labute approximate surface area is 147 Å². The zero-order valence-corrected chi connectivity index (χ0v) is 14.0. The number of hydrogen-bond donors (Lipinski definition) is 1. The Morgan fingerprint density at radius 2 is 2.15 bits per heavy atom. The second-order valence-corrected chi connectivity index (χ2v) is 6.78. The van der Waals surface area contributed by atoms with Crippen LogP contribution in [0.1, 0.15) is 22.6 Å². The van der Waals surface area contributed by atoms with Crippen LogP contribution in [0.15, 0.2) is 42.7 Å². The van der Waals surface area contributed by atoms with Gasteiger partial charge in [0, 0.05) is 28.9 Å². The van der Waals surface area contributed by atoms with Gasteiger partial charge in [0.1, 0.15) is 11.9 Å². The first kappa shape index (κ1) is 15.3. The van der Waals surface area contributed by atoms with Crippen LogP contribution in [0.3, 0.4) is 0 Å². The molecular weight excluding hydrogens is 336 g/mol. The molecule has 0 unspecified atom stereocenters. The average molecular weight is 351 g/mol. The highest BCUT2D eigenvalue weighted by atomic mass is 19.1. The molecule has 1 fully saturated rings. The molecule has 130 valence electrons. The van der Waals surface area contributed by atoms with Crippen molar-refractivity contribution in [2.45, 2.75) is 19.5 Å². The van der Waals surface area contributed by atoms with Crippen molar-refractivity contribution in [1.29, 1.82) is 0 Å². The first-order valence-corrected chi connectivity index (χ1v) is 8.47. The summed E-state index contributed by atoms with van der Waals surface area (Å²) in [5.74, 6) is -1.45. The maximum absolute atomic E-state index is 14.7. The van der Waals surface area contributed by atoms with Gasteiger partial charge in [-0.15, -0.1) is 0 Å². The van der Waals surface area contributed by atoms with E-state index in [1.165, 1.54) is 10.5 Å². The van der Waals surface area contributed by atoms with Crippen molar-refractivity contribution in [3.05, 3.63) is 59.9 Å². The van der Waals surface area contributed by atoms with E-state index in [1.807, 2.05) is 30.5 Å². The number of aromatic nitrogens is 3. The number of pyridine rings is 1. The maximum Gasteiger partial charge on any atom is 0.187 e. The highest BCUT2D eigenvalue weighted by molar-refractivity contribution is 6.01. The molecule has 0 spiro atoms. The van der Waals surface area contributed by atoms with Crippen LogP contribution in [-0.2, 0) is 0 Å². The summed E-state index contributed by atoms with van der Waals surface area (Å²) in [5.41, 5.74) is 3.21. The zero-order chi connectivity index (χ0) is 18.0. The number of aryl methyl sites for hydroxylation is 1. The van der Waals surface area contributed by atoms with Crippen molar-refractivity contribution < 1.29 is 13.6 Å². The fraction of sp³-hybridized carbons (Fsp3) is 0.200. The summed E-state index contributed by atoms with van der Waals surface area (Å²) < 4.78 is 29.6. The predicted molar refractivity (Wildman–Crippen MR) is 94.5 cm³/mol. The van der Waals surface area contributed by atoms with E-state index in [0.717, 1.165) is 16.5 Å². The van der Waals surface area contributed by atoms with Crippen molar-refractivity contribution >= 4 is 22.3 Å². The molecule has 4 nitrogen and oxygen atoms in total. The number of fused-ring (bicyclic) bond motifs is 2. The van der Waals surface area contributed by atoms with Crippen molar-refractivity contribution in [2.24, 2.45) is 5.92 Å². The number of aromatic amines is 1. The normalized spacial score (nSPS) is 19.3. The van der Waals surface area contributed by atoms with Crippen LogP contribution in [0, 0.1) is 18.7 Å². The van der Waals surface area contributed by atoms with Crippen LogP contribution < -0.4 is 0 Å². The molecule has 4 aromatic rings. The van der Waals surface area contributed by atoms with Crippen molar-refractivity contribution in [2.75, 3.05) is 0 Å². The molecule has 0 aliphatic heterocycles. The van der Waals surface area contributed by atoms with E-state index in [9.17, 15) is 13.6 Å². The van der Waals surface area contributed by atoms with E-state index in [4.69, 9.17) is 0 Å². The number of H-pyrrole nitrogens is 1. The number of alkyl halides is 1. The number of ketones is 1. The quantitative estimate of drug-likeness (QED) is 0.554. The molecule has 1 aromatic carbocycles. The third-order valence-corrected chi connectivity index (χ3v) is 5.04. The van der Waals surface area contributed by atoms with Gasteiger partial charge in [0.25, 0.3) is 0 Å². The lowest BCUT2D eigenvalue weighted by molar-refractivity contribution is 0.0951. The van der Waals surface area contributed by atoms with E-state index in [1.54, 1.807) is 13.1 Å². The lowest BCUT2D eigenvalue weighted by atomic mass is 10.0. The summed E-state index contributed by atoms with van der Waals surface area (Å²) in [4.78, 5) is 19.9. The lowest BCUT2D eigenvalue weighted by Crippen LogP contribution is -2.09. The molecule has 3 aromatic heterocycles.